The number of nitrogens with one attached hydrogen (secondary N) is 6. The lowest BCUT2D eigenvalue weighted by Crippen LogP contribution is -2.36. The van der Waals surface area contributed by atoms with E-state index >= 15 is 0 Å². The fraction of sp³-hybridized carbons (Fsp3) is 0.628. The monoisotopic (exact) mass is 1580 g/mol. The van der Waals surface area contributed by atoms with Crippen LogP contribution in [0.4, 0.5) is 22.7 Å². The molecule has 0 saturated heterocycles. The number of aryl methyl sites for hydroxylation is 2. The molecule has 0 unspecified atom stereocenters. The highest BCUT2D eigenvalue weighted by molar-refractivity contribution is 5.93. The standard InChI is InChI=1S/C86H134N12O15/c1-93(2)73-33-29-69-63-70-30-34-74(94(3)4)66-78(70)97(77(69)65-73)43-13-9-11-23-81(99)87-37-17-45-105-51-57-111-59-53-107-47-19-39-89-83(101)25-15-27-85(103)91-41-21-49-109-55-61-113-62-56-110-50-22-42-92-86(104)28-16-26-84(102)90-40-20-48-108-54-60-112-58-52-106-46-18-38-88-82(100)24-12-10-14-44-98-79-67-75(95(5)6)35-31-71(79)64-72-32-36-76(96(7)8)68-80(72)98/h29-36,63-68H,9-28,37-62H2,1-8H3,(H4-2,87,88,89,90,91,92,99,100,101,102,103,104)/p+2. The van der Waals surface area contributed by atoms with Crippen molar-refractivity contribution in [3.05, 3.63) is 84.9 Å². The summed E-state index contributed by atoms with van der Waals surface area (Å²) in [7, 11) is 16.6. The van der Waals surface area contributed by atoms with Crippen LogP contribution in [-0.2, 0) is 84.5 Å². The van der Waals surface area contributed by atoms with E-state index in [4.69, 9.17) is 42.6 Å². The van der Waals surface area contributed by atoms with Crippen molar-refractivity contribution in [2.45, 2.75) is 142 Å². The largest absolute Gasteiger partial charge is 0.379 e. The van der Waals surface area contributed by atoms with E-state index in [2.05, 4.69) is 202 Å². The molecule has 0 radical (unpaired) electrons. The summed E-state index contributed by atoms with van der Waals surface area (Å²) in [4.78, 5) is 82.7. The number of ether oxygens (including phenoxy) is 9. The Hall–Kier alpha value is -8.12. The molecule has 113 heavy (non-hydrogen) atoms. The van der Waals surface area contributed by atoms with E-state index in [-0.39, 0.29) is 61.1 Å². The molecule has 27 heteroatoms. The molecule has 0 aliphatic rings. The molecule has 0 fully saturated rings. The number of anilines is 4. The number of nitrogens with zero attached hydrogens (tertiary/aromatic N) is 6. The Bertz CT molecular complexity index is 3360. The number of pyridine rings is 2. The van der Waals surface area contributed by atoms with E-state index in [1.54, 1.807) is 0 Å². The van der Waals surface area contributed by atoms with Gasteiger partial charge in [0.05, 0.1) is 79.3 Å². The van der Waals surface area contributed by atoms with Gasteiger partial charge in [0.15, 0.2) is 0 Å². The van der Waals surface area contributed by atoms with Gasteiger partial charge in [-0.15, -0.1) is 0 Å². The number of fused-ring (bicyclic) bond motifs is 4. The second-order valence-corrected chi connectivity index (χ2v) is 29.2. The molecule has 0 saturated carbocycles. The van der Waals surface area contributed by atoms with Gasteiger partial charge >= 0.3 is 0 Å². The molecule has 6 amide bonds. The maximum absolute atomic E-state index is 12.6. The number of amides is 6. The van der Waals surface area contributed by atoms with E-state index in [0.717, 1.165) is 64.5 Å². The lowest BCUT2D eigenvalue weighted by molar-refractivity contribution is -0.646. The number of carbonyl (C=O) groups excluding carboxylic acids is 6. The van der Waals surface area contributed by atoms with Gasteiger partial charge in [0.2, 0.25) is 57.5 Å². The smallest absolute Gasteiger partial charge is 0.220 e. The number of aromatic nitrogens is 2. The Kier molecular flexibility index (Phi) is 47.3. The normalized spacial score (nSPS) is 11.4. The van der Waals surface area contributed by atoms with Crippen molar-refractivity contribution in [1.29, 1.82) is 0 Å². The minimum absolute atomic E-state index is 0.0751. The second-order valence-electron chi connectivity index (χ2n) is 29.2. The molecule has 0 atom stereocenters. The zero-order valence-electron chi connectivity index (χ0n) is 69.4. The highest BCUT2D eigenvalue weighted by atomic mass is 16.6. The van der Waals surface area contributed by atoms with Crippen molar-refractivity contribution >= 4 is 102 Å². The zero-order valence-corrected chi connectivity index (χ0v) is 69.4. The van der Waals surface area contributed by atoms with Crippen LogP contribution < -0.4 is 60.6 Å². The molecule has 0 aliphatic heterocycles. The first-order valence-electron chi connectivity index (χ1n) is 41.3. The Morgan fingerprint density at radius 3 is 0.637 bits per heavy atom. The Morgan fingerprint density at radius 1 is 0.239 bits per heavy atom. The van der Waals surface area contributed by atoms with Crippen molar-refractivity contribution in [3.63, 3.8) is 0 Å². The average molecular weight is 1580 g/mol. The third-order valence-corrected chi connectivity index (χ3v) is 19.1. The van der Waals surface area contributed by atoms with Crippen LogP contribution in [-0.4, -0.2) is 250 Å². The fourth-order valence-electron chi connectivity index (χ4n) is 12.6. The summed E-state index contributed by atoms with van der Waals surface area (Å²) in [6.07, 6.45) is 12.7. The molecule has 6 N–H and O–H groups in total. The highest BCUT2D eigenvalue weighted by Crippen LogP contribution is 2.28. The predicted octanol–water partition coefficient (Wildman–Crippen LogP) is 8.49. The molecule has 2 aromatic heterocycles. The van der Waals surface area contributed by atoms with Crippen LogP contribution in [0.2, 0.25) is 0 Å². The molecule has 0 spiro atoms. The van der Waals surface area contributed by atoms with E-state index in [1.165, 1.54) is 66.4 Å². The number of hydrogen-bond acceptors (Lipinski definition) is 19. The van der Waals surface area contributed by atoms with Crippen LogP contribution in [0, 0.1) is 0 Å². The first kappa shape index (κ1) is 93.7. The number of benzene rings is 4. The average Bonchev–Trinajstić information content (AvgIpc) is 0.771. The number of hydrogen-bond donors (Lipinski definition) is 6. The zero-order chi connectivity index (χ0) is 80.9. The van der Waals surface area contributed by atoms with Gasteiger partial charge in [0.25, 0.3) is 0 Å². The summed E-state index contributed by atoms with van der Waals surface area (Å²) in [5, 5.41) is 22.4. The summed E-state index contributed by atoms with van der Waals surface area (Å²) in [6, 6.07) is 31.1. The Labute approximate surface area is 671 Å². The van der Waals surface area contributed by atoms with E-state index in [9.17, 15) is 28.8 Å². The molecular formula is C86H136N12O15+2. The molecular weight excluding hydrogens is 1440 g/mol. The number of unbranched alkanes of at least 4 members (excludes halogenated alkanes) is 4. The molecule has 4 aromatic carbocycles. The molecule has 0 aliphatic carbocycles. The first-order valence-corrected chi connectivity index (χ1v) is 41.3. The van der Waals surface area contributed by atoms with E-state index < -0.39 is 0 Å². The van der Waals surface area contributed by atoms with Gasteiger partial charge in [0, 0.05) is 255 Å². The summed E-state index contributed by atoms with van der Waals surface area (Å²) >= 11 is 0. The quantitative estimate of drug-likeness (QED) is 0.0119. The maximum atomic E-state index is 12.6. The van der Waals surface area contributed by atoms with Crippen LogP contribution >= 0.6 is 0 Å². The van der Waals surface area contributed by atoms with Crippen molar-refractivity contribution in [2.24, 2.45) is 0 Å². The molecule has 27 nitrogen and oxygen atoms in total. The molecule has 6 aromatic rings. The SMILES string of the molecule is CN(C)c1ccc2cc3ccc(N(C)C)cc3[n+](CCCCCC(=O)NCCCOCCOCCOCCCNC(=O)CCCC(=O)NCCCOCCOCCOCCCNC(=O)CCCC(=O)NCCCOCCOCCOCCCNC(=O)CCCCC[n+]3c4cc(N(C)C)ccc4cc4ccc(N(C)C)cc43)c2c1. The van der Waals surface area contributed by atoms with Gasteiger partial charge in [-0.05, 0) is 138 Å². The van der Waals surface area contributed by atoms with Crippen LogP contribution in [0.1, 0.15) is 128 Å². The summed E-state index contributed by atoms with van der Waals surface area (Å²) < 4.78 is 55.5. The predicted molar refractivity (Wildman–Crippen MR) is 448 cm³/mol. The van der Waals surface area contributed by atoms with Gasteiger partial charge in [-0.3, -0.25) is 28.8 Å². The fourth-order valence-corrected chi connectivity index (χ4v) is 12.6. The third kappa shape index (κ3) is 39.2. The van der Waals surface area contributed by atoms with Gasteiger partial charge in [-0.1, -0.05) is 0 Å². The highest BCUT2D eigenvalue weighted by Gasteiger charge is 2.21. The first-order chi connectivity index (χ1) is 55.0. The molecule has 628 valence electrons. The van der Waals surface area contributed by atoms with Crippen LogP contribution in [0.15, 0.2) is 84.9 Å². The van der Waals surface area contributed by atoms with Crippen LogP contribution in [0.25, 0.3) is 43.6 Å². The van der Waals surface area contributed by atoms with Gasteiger partial charge < -0.3 is 94.1 Å². The lowest BCUT2D eigenvalue weighted by Gasteiger charge is -2.15. The summed E-state index contributed by atoms with van der Waals surface area (Å²) in [5.41, 5.74) is 9.53. The summed E-state index contributed by atoms with van der Waals surface area (Å²) in [6.45, 7) is 13.3. The Balaban J connectivity index is 0.590. The summed E-state index contributed by atoms with van der Waals surface area (Å²) in [5.74, 6) is -0.224. The number of carbonyl (C=O) groups is 6. The Morgan fingerprint density at radius 2 is 0.434 bits per heavy atom. The number of rotatable bonds is 66. The second kappa shape index (κ2) is 57.0. The van der Waals surface area contributed by atoms with Crippen molar-refractivity contribution in [1.82, 2.24) is 31.9 Å². The minimum Gasteiger partial charge on any atom is -0.379 e. The lowest BCUT2D eigenvalue weighted by atomic mass is 10.1. The minimum atomic E-state index is -0.0957. The molecule has 6 rings (SSSR count). The van der Waals surface area contributed by atoms with Crippen LogP contribution in [0.3, 0.4) is 0 Å². The third-order valence-electron chi connectivity index (χ3n) is 19.1. The van der Waals surface area contributed by atoms with Crippen molar-refractivity contribution in [2.75, 3.05) is 234 Å². The van der Waals surface area contributed by atoms with E-state index in [0.29, 0.717) is 210 Å². The van der Waals surface area contributed by atoms with Crippen molar-refractivity contribution in [3.8, 4) is 0 Å². The van der Waals surface area contributed by atoms with Crippen LogP contribution in [0.5, 0.6) is 0 Å². The van der Waals surface area contributed by atoms with E-state index in [1.807, 2.05) is 0 Å². The molecule has 0 bridgehead atoms. The topological polar surface area (TPSA) is 278 Å². The maximum Gasteiger partial charge on any atom is 0.220 e. The molecule has 2 heterocycles. The van der Waals surface area contributed by atoms with Gasteiger partial charge in [-0.25, -0.2) is 0 Å². The van der Waals surface area contributed by atoms with Gasteiger partial charge in [0.1, 0.15) is 13.1 Å². The van der Waals surface area contributed by atoms with Crippen molar-refractivity contribution < 1.29 is 80.5 Å². The van der Waals surface area contributed by atoms with Gasteiger partial charge in [-0.2, -0.15) is 9.13 Å².